The fraction of sp³-hybridized carbons (Fsp3) is 0. The SMILES string of the molecule is Fc1ccc2nc(NNC(=S)Nc3ccc(Br)cc3)sc2c1. The highest BCUT2D eigenvalue weighted by Gasteiger charge is 2.05. The van der Waals surface area contributed by atoms with Crippen LogP contribution in [0.1, 0.15) is 0 Å². The van der Waals surface area contributed by atoms with Crippen LogP contribution in [0, 0.1) is 5.82 Å². The zero-order valence-electron chi connectivity index (χ0n) is 11.1. The van der Waals surface area contributed by atoms with Crippen molar-refractivity contribution in [2.75, 3.05) is 10.7 Å². The van der Waals surface area contributed by atoms with Crippen molar-refractivity contribution in [3.63, 3.8) is 0 Å². The van der Waals surface area contributed by atoms with E-state index in [2.05, 4.69) is 37.1 Å². The summed E-state index contributed by atoms with van der Waals surface area (Å²) in [5.74, 6) is -0.275. The Morgan fingerprint density at radius 1 is 1.18 bits per heavy atom. The first kappa shape index (κ1) is 15.1. The minimum absolute atomic E-state index is 0.275. The van der Waals surface area contributed by atoms with Crippen molar-refractivity contribution >= 4 is 65.6 Å². The largest absolute Gasteiger partial charge is 0.331 e. The van der Waals surface area contributed by atoms with Crippen molar-refractivity contribution in [1.82, 2.24) is 10.4 Å². The van der Waals surface area contributed by atoms with Crippen molar-refractivity contribution in [2.24, 2.45) is 0 Å². The summed E-state index contributed by atoms with van der Waals surface area (Å²) in [6.07, 6.45) is 0. The monoisotopic (exact) mass is 396 g/mol. The summed E-state index contributed by atoms with van der Waals surface area (Å²) in [4.78, 5) is 4.33. The van der Waals surface area contributed by atoms with Crippen LogP contribution in [0.15, 0.2) is 46.9 Å². The molecule has 0 aliphatic heterocycles. The van der Waals surface area contributed by atoms with Gasteiger partial charge in [-0.25, -0.2) is 9.37 Å². The third-order valence-corrected chi connectivity index (χ3v) is 4.40. The van der Waals surface area contributed by atoms with Crippen LogP contribution < -0.4 is 16.2 Å². The summed E-state index contributed by atoms with van der Waals surface area (Å²) in [7, 11) is 0. The zero-order valence-corrected chi connectivity index (χ0v) is 14.3. The second-order valence-electron chi connectivity index (χ2n) is 4.34. The van der Waals surface area contributed by atoms with E-state index < -0.39 is 0 Å². The maximum Gasteiger partial charge on any atom is 0.202 e. The van der Waals surface area contributed by atoms with E-state index in [1.807, 2.05) is 24.3 Å². The topological polar surface area (TPSA) is 49.0 Å². The van der Waals surface area contributed by atoms with Crippen LogP contribution >= 0.6 is 39.5 Å². The fourth-order valence-electron chi connectivity index (χ4n) is 1.76. The number of hydrogen-bond donors (Lipinski definition) is 3. The van der Waals surface area contributed by atoms with Gasteiger partial charge < -0.3 is 5.32 Å². The minimum atomic E-state index is -0.275. The maximum atomic E-state index is 13.1. The molecule has 3 N–H and O–H groups in total. The van der Waals surface area contributed by atoms with E-state index in [1.165, 1.54) is 23.5 Å². The van der Waals surface area contributed by atoms with Gasteiger partial charge in [-0.05, 0) is 54.7 Å². The van der Waals surface area contributed by atoms with Gasteiger partial charge in [0.2, 0.25) is 5.13 Å². The van der Waals surface area contributed by atoms with Gasteiger partial charge in [0.15, 0.2) is 5.11 Å². The number of nitrogens with one attached hydrogen (secondary N) is 3. The van der Waals surface area contributed by atoms with Gasteiger partial charge >= 0.3 is 0 Å². The van der Waals surface area contributed by atoms with E-state index in [1.54, 1.807) is 6.07 Å². The van der Waals surface area contributed by atoms with E-state index in [0.717, 1.165) is 20.4 Å². The van der Waals surface area contributed by atoms with E-state index >= 15 is 0 Å². The van der Waals surface area contributed by atoms with Gasteiger partial charge in [-0.3, -0.25) is 10.9 Å². The third-order valence-electron chi connectivity index (χ3n) is 2.74. The first-order chi connectivity index (χ1) is 10.6. The molecular formula is C14H10BrFN4S2. The van der Waals surface area contributed by atoms with Crippen LogP contribution in [-0.4, -0.2) is 10.1 Å². The predicted molar refractivity (Wildman–Crippen MR) is 96.7 cm³/mol. The van der Waals surface area contributed by atoms with Gasteiger partial charge in [0.05, 0.1) is 10.2 Å². The Morgan fingerprint density at radius 3 is 2.73 bits per heavy atom. The molecule has 0 amide bonds. The van der Waals surface area contributed by atoms with Crippen LogP contribution in [0.3, 0.4) is 0 Å². The summed E-state index contributed by atoms with van der Waals surface area (Å²) in [6, 6.07) is 12.1. The zero-order chi connectivity index (χ0) is 15.5. The molecule has 0 aliphatic carbocycles. The molecule has 0 aliphatic rings. The number of nitrogens with zero attached hydrogens (tertiary/aromatic N) is 1. The fourth-order valence-corrected chi connectivity index (χ4v) is 3.04. The highest BCUT2D eigenvalue weighted by Crippen LogP contribution is 2.25. The molecule has 3 aromatic rings. The molecule has 0 saturated carbocycles. The Kier molecular flexibility index (Phi) is 4.51. The second kappa shape index (κ2) is 6.55. The van der Waals surface area contributed by atoms with Gasteiger partial charge in [0.1, 0.15) is 5.82 Å². The molecule has 1 aromatic heterocycles. The number of rotatable bonds is 3. The number of hydrogen-bond acceptors (Lipinski definition) is 4. The molecule has 112 valence electrons. The number of thiocarbonyl (C=S) groups is 1. The Hall–Kier alpha value is -1.77. The average molecular weight is 397 g/mol. The lowest BCUT2D eigenvalue weighted by Crippen LogP contribution is -2.33. The highest BCUT2D eigenvalue weighted by atomic mass is 79.9. The number of anilines is 2. The number of thiazole rings is 1. The summed E-state index contributed by atoms with van der Waals surface area (Å²) in [6.45, 7) is 0. The van der Waals surface area contributed by atoms with Gasteiger partial charge in [-0.1, -0.05) is 27.3 Å². The van der Waals surface area contributed by atoms with Crippen LogP contribution in [0.25, 0.3) is 10.2 Å². The number of aromatic nitrogens is 1. The van der Waals surface area contributed by atoms with Crippen molar-refractivity contribution < 1.29 is 4.39 Å². The molecule has 0 saturated heterocycles. The number of halogens is 2. The summed E-state index contributed by atoms with van der Waals surface area (Å²) in [5, 5.41) is 4.06. The van der Waals surface area contributed by atoms with Gasteiger partial charge in [0, 0.05) is 10.2 Å². The lowest BCUT2D eigenvalue weighted by atomic mass is 10.3. The van der Waals surface area contributed by atoms with Crippen molar-refractivity contribution in [3.05, 3.63) is 52.8 Å². The standard InChI is InChI=1S/C14H10BrFN4S2/c15-8-1-4-10(5-2-8)17-13(21)19-20-14-18-11-6-3-9(16)7-12(11)22-14/h1-7H,(H,18,20)(H2,17,19,21). The van der Waals surface area contributed by atoms with Crippen molar-refractivity contribution in [2.45, 2.75) is 0 Å². The first-order valence-electron chi connectivity index (χ1n) is 6.25. The summed E-state index contributed by atoms with van der Waals surface area (Å²) >= 11 is 9.91. The average Bonchev–Trinajstić information content (AvgIpc) is 2.89. The summed E-state index contributed by atoms with van der Waals surface area (Å²) < 4.78 is 14.9. The highest BCUT2D eigenvalue weighted by molar-refractivity contribution is 9.10. The number of benzene rings is 2. The Balaban J connectivity index is 1.61. The maximum absolute atomic E-state index is 13.1. The van der Waals surface area contributed by atoms with Gasteiger partial charge in [0.25, 0.3) is 0 Å². The lowest BCUT2D eigenvalue weighted by molar-refractivity contribution is 0.630. The van der Waals surface area contributed by atoms with E-state index in [-0.39, 0.29) is 5.82 Å². The molecule has 22 heavy (non-hydrogen) atoms. The summed E-state index contributed by atoms with van der Waals surface area (Å²) in [5.41, 5.74) is 7.37. The van der Waals surface area contributed by atoms with Crippen LogP contribution in [0.2, 0.25) is 0 Å². The Bertz CT molecular complexity index is 819. The van der Waals surface area contributed by atoms with Gasteiger partial charge in [-0.2, -0.15) is 0 Å². The van der Waals surface area contributed by atoms with E-state index in [0.29, 0.717) is 10.2 Å². The second-order valence-corrected chi connectivity index (χ2v) is 6.70. The molecule has 0 radical (unpaired) electrons. The first-order valence-corrected chi connectivity index (χ1v) is 8.26. The molecule has 3 rings (SSSR count). The Morgan fingerprint density at radius 2 is 1.95 bits per heavy atom. The van der Waals surface area contributed by atoms with Crippen molar-refractivity contribution in [1.29, 1.82) is 0 Å². The normalized spacial score (nSPS) is 10.5. The molecule has 0 fully saturated rings. The Labute approximate surface area is 143 Å². The predicted octanol–water partition coefficient (Wildman–Crippen LogP) is 4.51. The van der Waals surface area contributed by atoms with Crippen LogP contribution in [-0.2, 0) is 0 Å². The van der Waals surface area contributed by atoms with Crippen LogP contribution in [0.4, 0.5) is 15.2 Å². The van der Waals surface area contributed by atoms with Crippen LogP contribution in [0.5, 0.6) is 0 Å². The molecule has 4 nitrogen and oxygen atoms in total. The minimum Gasteiger partial charge on any atom is -0.331 e. The third kappa shape index (κ3) is 3.70. The number of hydrazine groups is 1. The quantitative estimate of drug-likeness (QED) is 0.449. The molecule has 0 atom stereocenters. The van der Waals surface area contributed by atoms with E-state index in [9.17, 15) is 4.39 Å². The smallest absolute Gasteiger partial charge is 0.202 e. The van der Waals surface area contributed by atoms with Gasteiger partial charge in [-0.15, -0.1) is 0 Å². The number of fused-ring (bicyclic) bond motifs is 1. The molecule has 0 bridgehead atoms. The van der Waals surface area contributed by atoms with Crippen molar-refractivity contribution in [3.8, 4) is 0 Å². The van der Waals surface area contributed by atoms with E-state index in [4.69, 9.17) is 12.2 Å². The lowest BCUT2D eigenvalue weighted by Gasteiger charge is -2.10. The molecule has 2 aromatic carbocycles. The molecule has 1 heterocycles. The molecule has 0 unspecified atom stereocenters. The molecular weight excluding hydrogens is 387 g/mol. The molecule has 0 spiro atoms. The molecule has 8 heteroatoms.